The van der Waals surface area contributed by atoms with Crippen molar-refractivity contribution in [3.8, 4) is 0 Å². The Balaban J connectivity index is 0.00000264. The molecule has 0 fully saturated rings. The number of nitrogens with zero attached hydrogens (tertiary/aromatic N) is 4. The van der Waals surface area contributed by atoms with E-state index in [0.29, 0.717) is 0 Å². The van der Waals surface area contributed by atoms with Gasteiger partial charge in [-0.05, 0) is 25.7 Å². The fraction of sp³-hybridized carbons (Fsp3) is 0.667. The Morgan fingerprint density at radius 3 is 1.52 bits per heavy atom. The van der Waals surface area contributed by atoms with Gasteiger partial charge in [-0.3, -0.25) is 0 Å². The summed E-state index contributed by atoms with van der Waals surface area (Å²) in [6.07, 6.45) is 16.0. The summed E-state index contributed by atoms with van der Waals surface area (Å²) in [4.78, 5) is 0. The van der Waals surface area contributed by atoms with Crippen molar-refractivity contribution in [1.29, 1.82) is 0 Å². The van der Waals surface area contributed by atoms with Crippen LogP contribution in [0, 0.1) is 0 Å². The van der Waals surface area contributed by atoms with E-state index in [0.717, 1.165) is 25.9 Å². The average Bonchev–Trinajstić information content (AvgIpc) is 3.02. The number of rotatable bonds is 9. The molecule has 0 aromatic carbocycles. The highest BCUT2D eigenvalue weighted by molar-refractivity contribution is 4.82. The van der Waals surface area contributed by atoms with Crippen LogP contribution in [-0.2, 0) is 40.0 Å². The normalized spacial score (nSPS) is 10.8. The monoisotopic (exact) mass is 322 g/mol. The average molecular weight is 322 g/mol. The first kappa shape index (κ1) is 19.4. The Hall–Kier alpha value is -1.62. The van der Waals surface area contributed by atoms with Crippen LogP contribution < -0.4 is 9.13 Å². The summed E-state index contributed by atoms with van der Waals surface area (Å²) in [6.45, 7) is 6.76. The van der Waals surface area contributed by atoms with Gasteiger partial charge in [-0.2, -0.15) is 0 Å². The first-order valence-corrected chi connectivity index (χ1v) is 8.74. The fourth-order valence-electron chi connectivity index (χ4n) is 3.17. The molecule has 2 aromatic rings. The zero-order chi connectivity index (χ0) is 15.9. The van der Waals surface area contributed by atoms with E-state index >= 15 is 0 Å². The number of unbranched alkanes of at least 4 members (excludes halogenated alkanes) is 1. The quantitative estimate of drug-likeness (QED) is 0.496. The molecule has 23 heavy (non-hydrogen) atoms. The molecule has 2 N–H and O–H groups in total. The molecule has 0 aliphatic carbocycles. The standard InChI is InChI=1S/C18H32N4.H2O/c1-5-9-17-19(3)13-15-21(17)11-7-8-12-22-16-14-20(4)18(22)10-6-2;/h13-16H,5-12H2,1-4H3;1H2/q+2;. The summed E-state index contributed by atoms with van der Waals surface area (Å²) in [5.41, 5.74) is 0. The van der Waals surface area contributed by atoms with Crippen molar-refractivity contribution >= 4 is 0 Å². The lowest BCUT2D eigenvalue weighted by Crippen LogP contribution is -2.39. The largest absolute Gasteiger partial charge is 0.412 e. The molecule has 0 saturated heterocycles. The lowest BCUT2D eigenvalue weighted by Gasteiger charge is -2.03. The maximum absolute atomic E-state index is 2.42. The highest BCUT2D eigenvalue weighted by atomic mass is 16.0. The molecule has 0 saturated carbocycles. The van der Waals surface area contributed by atoms with Gasteiger partial charge >= 0.3 is 0 Å². The van der Waals surface area contributed by atoms with E-state index in [1.54, 1.807) is 0 Å². The molecule has 0 amide bonds. The van der Waals surface area contributed by atoms with E-state index in [4.69, 9.17) is 0 Å². The summed E-state index contributed by atoms with van der Waals surface area (Å²) in [7, 11) is 4.30. The minimum Gasteiger partial charge on any atom is -0.412 e. The third-order valence-corrected chi connectivity index (χ3v) is 4.41. The lowest BCUT2D eigenvalue weighted by molar-refractivity contribution is -0.714. The van der Waals surface area contributed by atoms with Crippen LogP contribution in [0.25, 0.3) is 0 Å². The van der Waals surface area contributed by atoms with E-state index in [2.05, 4.69) is 71.0 Å². The van der Waals surface area contributed by atoms with Crippen molar-refractivity contribution in [2.75, 3.05) is 0 Å². The van der Waals surface area contributed by atoms with Crippen LogP contribution >= 0.6 is 0 Å². The van der Waals surface area contributed by atoms with Crippen LogP contribution in [-0.4, -0.2) is 14.6 Å². The zero-order valence-corrected chi connectivity index (χ0v) is 15.3. The van der Waals surface area contributed by atoms with E-state index in [9.17, 15) is 0 Å². The molecule has 2 aromatic heterocycles. The Morgan fingerprint density at radius 2 is 1.17 bits per heavy atom. The lowest BCUT2D eigenvalue weighted by atomic mass is 10.2. The smallest absolute Gasteiger partial charge is 0.256 e. The molecule has 0 spiro atoms. The van der Waals surface area contributed by atoms with Crippen molar-refractivity contribution in [2.24, 2.45) is 14.1 Å². The molecule has 5 nitrogen and oxygen atoms in total. The predicted molar refractivity (Wildman–Crippen MR) is 92.1 cm³/mol. The Labute approximate surface area is 140 Å². The molecular formula is C18H34N4O+2. The van der Waals surface area contributed by atoms with Gasteiger partial charge in [-0.25, -0.2) is 18.3 Å². The van der Waals surface area contributed by atoms with Gasteiger partial charge in [0.1, 0.15) is 24.8 Å². The number of hydrogen-bond donors (Lipinski definition) is 0. The number of imidazole rings is 2. The molecule has 130 valence electrons. The number of aryl methyl sites for hydroxylation is 4. The molecule has 0 aliphatic heterocycles. The van der Waals surface area contributed by atoms with E-state index in [-0.39, 0.29) is 5.48 Å². The van der Waals surface area contributed by atoms with Crippen LogP contribution in [0.5, 0.6) is 0 Å². The summed E-state index contributed by atoms with van der Waals surface area (Å²) in [6, 6.07) is 0. The first-order chi connectivity index (χ1) is 10.7. The third-order valence-electron chi connectivity index (χ3n) is 4.41. The fourth-order valence-corrected chi connectivity index (χ4v) is 3.17. The van der Waals surface area contributed by atoms with Crippen molar-refractivity contribution in [3.05, 3.63) is 36.4 Å². The molecule has 0 unspecified atom stereocenters. The molecule has 2 heterocycles. The molecule has 0 bridgehead atoms. The predicted octanol–water partition coefficient (Wildman–Crippen LogP) is 1.50. The number of hydrogen-bond acceptors (Lipinski definition) is 0. The summed E-state index contributed by atoms with van der Waals surface area (Å²) >= 11 is 0. The van der Waals surface area contributed by atoms with Crippen LogP contribution in [0.15, 0.2) is 24.8 Å². The molecule has 0 radical (unpaired) electrons. The maximum atomic E-state index is 2.42. The number of aromatic nitrogens is 4. The minimum absolute atomic E-state index is 0. The van der Waals surface area contributed by atoms with Crippen molar-refractivity contribution < 1.29 is 14.6 Å². The van der Waals surface area contributed by atoms with Crippen molar-refractivity contribution in [2.45, 2.75) is 65.5 Å². The molecule has 0 atom stereocenters. The van der Waals surface area contributed by atoms with E-state index < -0.39 is 0 Å². The van der Waals surface area contributed by atoms with Gasteiger partial charge in [0.15, 0.2) is 0 Å². The second-order valence-electron chi connectivity index (χ2n) is 6.24. The van der Waals surface area contributed by atoms with E-state index in [1.807, 2.05) is 0 Å². The summed E-state index contributed by atoms with van der Waals surface area (Å²) in [5, 5.41) is 0. The van der Waals surface area contributed by atoms with Crippen LogP contribution in [0.4, 0.5) is 0 Å². The van der Waals surface area contributed by atoms with Crippen LogP contribution in [0.3, 0.4) is 0 Å². The molecule has 5 heteroatoms. The Bertz CT molecular complexity index is 534. The van der Waals surface area contributed by atoms with Gasteiger partial charge in [0.05, 0.1) is 27.2 Å². The van der Waals surface area contributed by atoms with Gasteiger partial charge in [-0.15, -0.1) is 0 Å². The van der Waals surface area contributed by atoms with Crippen molar-refractivity contribution in [3.63, 3.8) is 0 Å². The van der Waals surface area contributed by atoms with Crippen LogP contribution in [0.2, 0.25) is 0 Å². The highest BCUT2D eigenvalue weighted by Gasteiger charge is 2.15. The molecule has 0 aliphatic rings. The Kier molecular flexibility index (Phi) is 8.03. The third kappa shape index (κ3) is 4.93. The second kappa shape index (κ2) is 9.50. The molecular weight excluding hydrogens is 288 g/mol. The van der Waals surface area contributed by atoms with Gasteiger partial charge in [0, 0.05) is 12.8 Å². The van der Waals surface area contributed by atoms with Gasteiger partial charge < -0.3 is 5.48 Å². The SMILES string of the molecule is CCCc1n(C)cc[n+]1CCCC[n+]1ccn(C)c1CCC.O. The van der Waals surface area contributed by atoms with Crippen molar-refractivity contribution in [1.82, 2.24) is 9.13 Å². The summed E-state index contributed by atoms with van der Waals surface area (Å²) < 4.78 is 9.36. The summed E-state index contributed by atoms with van der Waals surface area (Å²) in [5.74, 6) is 2.89. The zero-order valence-electron chi connectivity index (χ0n) is 15.3. The van der Waals surface area contributed by atoms with Gasteiger partial charge in [-0.1, -0.05) is 13.8 Å². The minimum atomic E-state index is 0. The second-order valence-corrected chi connectivity index (χ2v) is 6.24. The van der Waals surface area contributed by atoms with E-state index in [1.165, 1.54) is 37.3 Å². The molecule has 2 rings (SSSR count). The van der Waals surface area contributed by atoms with Gasteiger partial charge in [0.2, 0.25) is 0 Å². The van der Waals surface area contributed by atoms with Gasteiger partial charge in [0.25, 0.3) is 11.6 Å². The maximum Gasteiger partial charge on any atom is 0.256 e. The Morgan fingerprint density at radius 1 is 0.783 bits per heavy atom. The topological polar surface area (TPSA) is 49.1 Å². The highest BCUT2D eigenvalue weighted by Crippen LogP contribution is 2.01. The first-order valence-electron chi connectivity index (χ1n) is 8.74. The van der Waals surface area contributed by atoms with Crippen LogP contribution in [0.1, 0.15) is 51.2 Å².